The number of benzene rings is 2. The number of alkyl carbamates (subject to hydrolysis) is 1. The van der Waals surface area contributed by atoms with Gasteiger partial charge in [0.15, 0.2) is 0 Å². The van der Waals surface area contributed by atoms with E-state index < -0.39 is 23.5 Å². The third-order valence-corrected chi connectivity index (χ3v) is 7.15. The Morgan fingerprint density at radius 1 is 1.00 bits per heavy atom. The van der Waals surface area contributed by atoms with Crippen LogP contribution in [0.4, 0.5) is 4.79 Å². The van der Waals surface area contributed by atoms with Crippen molar-refractivity contribution in [3.8, 4) is 11.1 Å². The summed E-state index contributed by atoms with van der Waals surface area (Å²) in [5, 5.41) is 14.8. The Balaban J connectivity index is 1.30. The van der Waals surface area contributed by atoms with Crippen molar-refractivity contribution in [1.29, 1.82) is 0 Å². The molecular formula is C27H32N2O5. The number of ether oxygens (including phenoxy) is 1. The van der Waals surface area contributed by atoms with Crippen molar-refractivity contribution < 1.29 is 24.2 Å². The second-order valence-electron chi connectivity index (χ2n) is 9.54. The summed E-state index contributed by atoms with van der Waals surface area (Å²) in [7, 11) is 0. The fourth-order valence-electron chi connectivity index (χ4n) is 5.35. The molecule has 1 saturated carbocycles. The van der Waals surface area contributed by atoms with Gasteiger partial charge >= 0.3 is 12.1 Å². The molecule has 1 fully saturated rings. The number of amides is 2. The van der Waals surface area contributed by atoms with Crippen LogP contribution in [0.15, 0.2) is 48.5 Å². The SMILES string of the molecule is C[C@@H](NC(=O)OCC1c2ccccc2-c2ccccc21)C(=O)NCC1(CC(=O)O)CCCCC1. The molecule has 0 bridgehead atoms. The van der Waals surface area contributed by atoms with Crippen molar-refractivity contribution in [3.05, 3.63) is 59.7 Å². The molecule has 34 heavy (non-hydrogen) atoms. The molecule has 2 aliphatic rings. The van der Waals surface area contributed by atoms with E-state index in [-0.39, 0.29) is 24.9 Å². The first-order chi connectivity index (χ1) is 16.4. The third kappa shape index (κ3) is 5.24. The summed E-state index contributed by atoms with van der Waals surface area (Å²) in [6.07, 6.45) is 3.99. The molecular weight excluding hydrogens is 432 g/mol. The first-order valence-electron chi connectivity index (χ1n) is 12.0. The van der Waals surface area contributed by atoms with E-state index in [0.29, 0.717) is 6.54 Å². The topological polar surface area (TPSA) is 105 Å². The minimum atomic E-state index is -0.846. The van der Waals surface area contributed by atoms with E-state index >= 15 is 0 Å². The highest BCUT2D eigenvalue weighted by molar-refractivity contribution is 5.85. The van der Waals surface area contributed by atoms with Gasteiger partial charge in [-0.3, -0.25) is 9.59 Å². The molecule has 0 unspecified atom stereocenters. The van der Waals surface area contributed by atoms with Gasteiger partial charge < -0.3 is 20.5 Å². The van der Waals surface area contributed by atoms with Crippen molar-refractivity contribution >= 4 is 18.0 Å². The number of hydrogen-bond acceptors (Lipinski definition) is 4. The van der Waals surface area contributed by atoms with Gasteiger partial charge in [0.05, 0.1) is 6.42 Å². The van der Waals surface area contributed by atoms with Crippen molar-refractivity contribution in [3.63, 3.8) is 0 Å². The average Bonchev–Trinajstić information content (AvgIpc) is 3.15. The summed E-state index contributed by atoms with van der Waals surface area (Å²) in [5.74, 6) is -1.24. The standard InChI is InChI=1S/C27H32N2O5/c1-18(25(32)28-17-27(15-24(30)31)13-7-2-8-14-27)29-26(33)34-16-23-21-11-5-3-9-19(21)20-10-4-6-12-22(20)23/h3-6,9-12,18,23H,2,7-8,13-17H2,1H3,(H,28,32)(H,29,33)(H,30,31)/t18-/m1/s1. The molecule has 0 aromatic heterocycles. The lowest BCUT2D eigenvalue weighted by molar-refractivity contribution is -0.140. The molecule has 7 nitrogen and oxygen atoms in total. The third-order valence-electron chi connectivity index (χ3n) is 7.15. The Kier molecular flexibility index (Phi) is 7.20. The molecule has 4 rings (SSSR count). The van der Waals surface area contributed by atoms with Gasteiger partial charge in [0, 0.05) is 12.5 Å². The lowest BCUT2D eigenvalue weighted by Gasteiger charge is -2.36. The molecule has 2 aliphatic carbocycles. The van der Waals surface area contributed by atoms with Gasteiger partial charge in [-0.2, -0.15) is 0 Å². The summed E-state index contributed by atoms with van der Waals surface area (Å²) in [6.45, 7) is 2.08. The molecule has 0 heterocycles. The van der Waals surface area contributed by atoms with Gasteiger partial charge in [0.1, 0.15) is 12.6 Å². The number of nitrogens with one attached hydrogen (secondary N) is 2. The van der Waals surface area contributed by atoms with E-state index in [0.717, 1.165) is 54.4 Å². The van der Waals surface area contributed by atoms with Gasteiger partial charge in [0.2, 0.25) is 5.91 Å². The molecule has 180 valence electrons. The molecule has 1 atom stereocenters. The van der Waals surface area contributed by atoms with Crippen molar-refractivity contribution in [2.45, 2.75) is 57.4 Å². The fourth-order valence-corrected chi connectivity index (χ4v) is 5.35. The first-order valence-corrected chi connectivity index (χ1v) is 12.0. The number of carbonyl (C=O) groups excluding carboxylic acids is 2. The van der Waals surface area contributed by atoms with E-state index in [9.17, 15) is 19.5 Å². The van der Waals surface area contributed by atoms with Crippen LogP contribution in [0.3, 0.4) is 0 Å². The minimum Gasteiger partial charge on any atom is -0.481 e. The smallest absolute Gasteiger partial charge is 0.407 e. The van der Waals surface area contributed by atoms with Crippen LogP contribution >= 0.6 is 0 Å². The number of carboxylic acid groups (broad SMARTS) is 1. The molecule has 0 saturated heterocycles. The van der Waals surface area contributed by atoms with Crippen molar-refractivity contribution in [1.82, 2.24) is 10.6 Å². The van der Waals surface area contributed by atoms with Crippen LogP contribution in [0.2, 0.25) is 0 Å². The number of carboxylic acids is 1. The first kappa shape index (κ1) is 23.8. The second-order valence-corrected chi connectivity index (χ2v) is 9.54. The van der Waals surface area contributed by atoms with Gasteiger partial charge in [-0.15, -0.1) is 0 Å². The number of aliphatic carboxylic acids is 1. The van der Waals surface area contributed by atoms with E-state index in [1.54, 1.807) is 6.92 Å². The van der Waals surface area contributed by atoms with Crippen LogP contribution in [0.5, 0.6) is 0 Å². The van der Waals surface area contributed by atoms with E-state index in [1.165, 1.54) is 0 Å². The van der Waals surface area contributed by atoms with Gasteiger partial charge in [-0.1, -0.05) is 67.8 Å². The number of rotatable bonds is 8. The van der Waals surface area contributed by atoms with Crippen LogP contribution < -0.4 is 10.6 Å². The minimum absolute atomic E-state index is 0.0431. The largest absolute Gasteiger partial charge is 0.481 e. The van der Waals surface area contributed by atoms with Crippen LogP contribution in [0.25, 0.3) is 11.1 Å². The van der Waals surface area contributed by atoms with Crippen LogP contribution in [-0.2, 0) is 14.3 Å². The summed E-state index contributed by atoms with van der Waals surface area (Å²) in [4.78, 5) is 36.4. The maximum Gasteiger partial charge on any atom is 0.407 e. The summed E-state index contributed by atoms with van der Waals surface area (Å²) in [5.41, 5.74) is 4.14. The monoisotopic (exact) mass is 464 g/mol. The van der Waals surface area contributed by atoms with Crippen molar-refractivity contribution in [2.75, 3.05) is 13.2 Å². The Labute approximate surface area is 199 Å². The predicted molar refractivity (Wildman–Crippen MR) is 128 cm³/mol. The zero-order chi connectivity index (χ0) is 24.1. The second kappa shape index (κ2) is 10.3. The molecule has 0 radical (unpaired) electrons. The zero-order valence-electron chi connectivity index (χ0n) is 19.5. The number of fused-ring (bicyclic) bond motifs is 3. The predicted octanol–water partition coefficient (Wildman–Crippen LogP) is 4.46. The Bertz CT molecular complexity index is 1010. The molecule has 2 aromatic rings. The molecule has 2 aromatic carbocycles. The Hall–Kier alpha value is -3.35. The Morgan fingerprint density at radius 2 is 1.59 bits per heavy atom. The maximum atomic E-state index is 12.6. The molecule has 0 spiro atoms. The van der Waals surface area contributed by atoms with Crippen molar-refractivity contribution in [2.24, 2.45) is 5.41 Å². The normalized spacial score (nSPS) is 17.2. The van der Waals surface area contributed by atoms with Gasteiger partial charge in [-0.25, -0.2) is 4.79 Å². The highest BCUT2D eigenvalue weighted by Crippen LogP contribution is 2.44. The lowest BCUT2D eigenvalue weighted by Crippen LogP contribution is -2.48. The van der Waals surface area contributed by atoms with Crippen LogP contribution in [0.1, 0.15) is 62.5 Å². The van der Waals surface area contributed by atoms with Crippen LogP contribution in [0, 0.1) is 5.41 Å². The van der Waals surface area contributed by atoms with E-state index in [1.807, 2.05) is 24.3 Å². The number of hydrogen-bond donors (Lipinski definition) is 3. The average molecular weight is 465 g/mol. The van der Waals surface area contributed by atoms with E-state index in [2.05, 4.69) is 34.9 Å². The maximum absolute atomic E-state index is 12.6. The molecule has 0 aliphatic heterocycles. The molecule has 7 heteroatoms. The van der Waals surface area contributed by atoms with E-state index in [4.69, 9.17) is 4.74 Å². The Morgan fingerprint density at radius 3 is 2.18 bits per heavy atom. The highest BCUT2D eigenvalue weighted by Gasteiger charge is 2.35. The summed E-state index contributed by atoms with van der Waals surface area (Å²) in [6, 6.07) is 15.4. The quantitative estimate of drug-likeness (QED) is 0.535. The van der Waals surface area contributed by atoms with Gasteiger partial charge in [0.25, 0.3) is 0 Å². The summed E-state index contributed by atoms with van der Waals surface area (Å²) >= 11 is 0. The summed E-state index contributed by atoms with van der Waals surface area (Å²) < 4.78 is 5.52. The fraction of sp³-hybridized carbons (Fsp3) is 0.444. The zero-order valence-corrected chi connectivity index (χ0v) is 19.5. The molecule has 3 N–H and O–H groups in total. The molecule has 2 amide bonds. The number of carbonyl (C=O) groups is 3. The van der Waals surface area contributed by atoms with Crippen LogP contribution in [-0.4, -0.2) is 42.3 Å². The van der Waals surface area contributed by atoms with Gasteiger partial charge in [-0.05, 0) is 47.4 Å². The lowest BCUT2D eigenvalue weighted by atomic mass is 9.71. The highest BCUT2D eigenvalue weighted by atomic mass is 16.5.